The van der Waals surface area contributed by atoms with Crippen LogP contribution >= 0.6 is 11.6 Å². The number of nitrogens with one attached hydrogen (secondary N) is 1. The van der Waals surface area contributed by atoms with Crippen molar-refractivity contribution in [2.75, 3.05) is 19.8 Å². The fourth-order valence-corrected chi connectivity index (χ4v) is 2.75. The van der Waals surface area contributed by atoms with Gasteiger partial charge in [-0.25, -0.2) is 4.79 Å². The van der Waals surface area contributed by atoms with E-state index in [1.807, 2.05) is 0 Å². The smallest absolute Gasteiger partial charge is 0.361 e. The Labute approximate surface area is 155 Å². The number of aromatic nitrogens is 3. The summed E-state index contributed by atoms with van der Waals surface area (Å²) in [7, 11) is 0. The highest BCUT2D eigenvalue weighted by Gasteiger charge is 2.20. The molecule has 1 N–H and O–H groups in total. The summed E-state index contributed by atoms with van der Waals surface area (Å²) in [5, 5.41) is 11.5. The van der Waals surface area contributed by atoms with E-state index in [1.165, 1.54) is 4.80 Å². The third kappa shape index (κ3) is 4.59. The van der Waals surface area contributed by atoms with E-state index in [1.54, 1.807) is 31.2 Å². The molecule has 1 amide bonds. The number of rotatable bonds is 6. The van der Waals surface area contributed by atoms with Crippen LogP contribution in [0, 0.1) is 6.92 Å². The average Bonchev–Trinajstić information content (AvgIpc) is 3.27. The van der Waals surface area contributed by atoms with Gasteiger partial charge >= 0.3 is 5.97 Å². The zero-order chi connectivity index (χ0) is 18.5. The van der Waals surface area contributed by atoms with Gasteiger partial charge in [-0.2, -0.15) is 9.90 Å². The molecule has 1 aromatic heterocycles. The van der Waals surface area contributed by atoms with Gasteiger partial charge in [0.15, 0.2) is 12.3 Å². The number of carbonyl (C=O) groups excluding carboxylic acids is 2. The Hall–Kier alpha value is -2.45. The molecule has 0 bridgehead atoms. The minimum atomic E-state index is -0.706. The van der Waals surface area contributed by atoms with Gasteiger partial charge in [0.2, 0.25) is 0 Å². The van der Waals surface area contributed by atoms with E-state index in [-0.39, 0.29) is 24.3 Å². The van der Waals surface area contributed by atoms with Gasteiger partial charge in [0.25, 0.3) is 5.91 Å². The van der Waals surface area contributed by atoms with Crippen molar-refractivity contribution in [2.45, 2.75) is 25.9 Å². The molecule has 1 saturated heterocycles. The Bertz CT molecular complexity index is 802. The standard InChI is InChI=1S/C17H19ClN4O4/c1-11-16(21-22(20-11)13-5-2-4-12(18)8-13)17(24)26-10-15(23)19-9-14-6-3-7-25-14/h2,4-5,8,14H,3,6-7,9-10H2,1H3,(H,19,23)/t14-/m1/s1. The zero-order valence-corrected chi connectivity index (χ0v) is 15.0. The largest absolute Gasteiger partial charge is 0.451 e. The number of amides is 1. The molecule has 8 nitrogen and oxygen atoms in total. The normalized spacial score (nSPS) is 16.5. The van der Waals surface area contributed by atoms with Gasteiger partial charge in [-0.05, 0) is 38.0 Å². The number of hydrogen-bond acceptors (Lipinski definition) is 6. The van der Waals surface area contributed by atoms with Crippen molar-refractivity contribution < 1.29 is 19.1 Å². The van der Waals surface area contributed by atoms with E-state index in [2.05, 4.69) is 15.5 Å². The molecule has 26 heavy (non-hydrogen) atoms. The number of aryl methyl sites for hydroxylation is 1. The van der Waals surface area contributed by atoms with Crippen LogP contribution < -0.4 is 5.32 Å². The van der Waals surface area contributed by atoms with Gasteiger partial charge in [0, 0.05) is 18.2 Å². The highest BCUT2D eigenvalue weighted by molar-refractivity contribution is 6.30. The van der Waals surface area contributed by atoms with Crippen LogP contribution in [0.15, 0.2) is 24.3 Å². The molecule has 0 unspecified atom stereocenters. The molecular weight excluding hydrogens is 360 g/mol. The van der Waals surface area contributed by atoms with Crippen molar-refractivity contribution >= 4 is 23.5 Å². The Morgan fingerprint density at radius 2 is 2.27 bits per heavy atom. The fourth-order valence-electron chi connectivity index (χ4n) is 2.57. The number of hydrogen-bond donors (Lipinski definition) is 1. The van der Waals surface area contributed by atoms with Gasteiger partial charge in [0.05, 0.1) is 17.5 Å². The quantitative estimate of drug-likeness (QED) is 0.768. The summed E-state index contributed by atoms with van der Waals surface area (Å²) < 4.78 is 10.4. The molecule has 9 heteroatoms. The highest BCUT2D eigenvalue weighted by atomic mass is 35.5. The predicted molar refractivity (Wildman–Crippen MR) is 93.4 cm³/mol. The van der Waals surface area contributed by atoms with Crippen LogP contribution in [-0.4, -0.2) is 52.7 Å². The van der Waals surface area contributed by atoms with E-state index in [0.717, 1.165) is 19.4 Å². The molecule has 1 aliphatic rings. The Morgan fingerprint density at radius 1 is 1.42 bits per heavy atom. The van der Waals surface area contributed by atoms with Crippen molar-refractivity contribution in [1.82, 2.24) is 20.3 Å². The lowest BCUT2D eigenvalue weighted by Gasteiger charge is -2.10. The van der Waals surface area contributed by atoms with Crippen LogP contribution in [0.3, 0.4) is 0 Å². The SMILES string of the molecule is Cc1nn(-c2cccc(Cl)c2)nc1C(=O)OCC(=O)NC[C@H]1CCCO1. The molecule has 138 valence electrons. The summed E-state index contributed by atoms with van der Waals surface area (Å²) in [6.45, 7) is 2.40. The molecule has 1 aliphatic heterocycles. The van der Waals surface area contributed by atoms with Crippen LogP contribution in [0.5, 0.6) is 0 Å². The van der Waals surface area contributed by atoms with Gasteiger partial charge in [-0.3, -0.25) is 4.79 Å². The van der Waals surface area contributed by atoms with Gasteiger partial charge in [-0.15, -0.1) is 5.10 Å². The highest BCUT2D eigenvalue weighted by Crippen LogP contribution is 2.15. The summed E-state index contributed by atoms with van der Waals surface area (Å²) in [6.07, 6.45) is 1.96. The summed E-state index contributed by atoms with van der Waals surface area (Å²) >= 11 is 5.95. The average molecular weight is 379 g/mol. The first-order valence-corrected chi connectivity index (χ1v) is 8.66. The van der Waals surface area contributed by atoms with Crippen LogP contribution in [0.1, 0.15) is 29.0 Å². The number of ether oxygens (including phenoxy) is 2. The molecule has 0 saturated carbocycles. The lowest BCUT2D eigenvalue weighted by Crippen LogP contribution is -2.34. The second-order valence-corrected chi connectivity index (χ2v) is 6.36. The second-order valence-electron chi connectivity index (χ2n) is 5.92. The maximum atomic E-state index is 12.2. The number of benzene rings is 1. The molecule has 0 radical (unpaired) electrons. The second kappa shape index (κ2) is 8.29. The summed E-state index contributed by atoms with van der Waals surface area (Å²) in [5.74, 6) is -1.09. The molecule has 1 fully saturated rings. The number of carbonyl (C=O) groups is 2. The molecular formula is C17H19ClN4O4. The Balaban J connectivity index is 1.55. The van der Waals surface area contributed by atoms with E-state index in [4.69, 9.17) is 21.1 Å². The van der Waals surface area contributed by atoms with Gasteiger partial charge < -0.3 is 14.8 Å². The van der Waals surface area contributed by atoms with Crippen molar-refractivity contribution in [3.05, 3.63) is 40.7 Å². The molecule has 0 spiro atoms. The maximum Gasteiger partial charge on any atom is 0.361 e. The third-order valence-corrected chi connectivity index (χ3v) is 4.13. The van der Waals surface area contributed by atoms with E-state index < -0.39 is 5.97 Å². The summed E-state index contributed by atoms with van der Waals surface area (Å²) in [6, 6.07) is 6.92. The van der Waals surface area contributed by atoms with Crippen molar-refractivity contribution in [2.24, 2.45) is 0 Å². The lowest BCUT2D eigenvalue weighted by atomic mass is 10.2. The lowest BCUT2D eigenvalue weighted by molar-refractivity contribution is -0.124. The number of nitrogens with zero attached hydrogens (tertiary/aromatic N) is 3. The van der Waals surface area contributed by atoms with E-state index in [0.29, 0.717) is 22.9 Å². The van der Waals surface area contributed by atoms with Gasteiger partial charge in [0.1, 0.15) is 0 Å². The molecule has 1 aromatic carbocycles. The van der Waals surface area contributed by atoms with Gasteiger partial charge in [-0.1, -0.05) is 17.7 Å². The third-order valence-electron chi connectivity index (χ3n) is 3.90. The molecule has 3 rings (SSSR count). The fraction of sp³-hybridized carbons (Fsp3) is 0.412. The first-order chi connectivity index (χ1) is 12.5. The summed E-state index contributed by atoms with van der Waals surface area (Å²) in [4.78, 5) is 25.3. The number of halogens is 1. The monoisotopic (exact) mass is 378 g/mol. The molecule has 0 aliphatic carbocycles. The predicted octanol–water partition coefficient (Wildman–Crippen LogP) is 1.68. The molecule has 2 heterocycles. The van der Waals surface area contributed by atoms with Crippen LogP contribution in [-0.2, 0) is 14.3 Å². The number of esters is 1. The Morgan fingerprint density at radius 3 is 3.00 bits per heavy atom. The zero-order valence-electron chi connectivity index (χ0n) is 14.3. The Kier molecular flexibility index (Phi) is 5.85. The first kappa shape index (κ1) is 18.3. The van der Waals surface area contributed by atoms with Crippen molar-refractivity contribution in [1.29, 1.82) is 0 Å². The van der Waals surface area contributed by atoms with Crippen LogP contribution in [0.4, 0.5) is 0 Å². The minimum absolute atomic E-state index is 0.0366. The van der Waals surface area contributed by atoms with Crippen molar-refractivity contribution in [3.8, 4) is 5.69 Å². The van der Waals surface area contributed by atoms with Crippen LogP contribution in [0.25, 0.3) is 5.69 Å². The molecule has 1 atom stereocenters. The molecule has 2 aromatic rings. The van der Waals surface area contributed by atoms with E-state index in [9.17, 15) is 9.59 Å². The van der Waals surface area contributed by atoms with Crippen LogP contribution in [0.2, 0.25) is 5.02 Å². The minimum Gasteiger partial charge on any atom is -0.451 e. The topological polar surface area (TPSA) is 95.3 Å². The first-order valence-electron chi connectivity index (χ1n) is 8.28. The summed E-state index contributed by atoms with van der Waals surface area (Å²) in [5.41, 5.74) is 1.07. The van der Waals surface area contributed by atoms with E-state index >= 15 is 0 Å². The van der Waals surface area contributed by atoms with Crippen molar-refractivity contribution in [3.63, 3.8) is 0 Å². The maximum absolute atomic E-state index is 12.2.